The lowest BCUT2D eigenvalue weighted by Gasteiger charge is -2.17. The molecule has 8 heteroatoms. The van der Waals surface area contributed by atoms with E-state index in [1.165, 1.54) is 7.05 Å². The molecule has 0 aliphatic rings. The Kier molecular flexibility index (Phi) is 5.61. The first-order chi connectivity index (χ1) is 11.3. The van der Waals surface area contributed by atoms with Crippen molar-refractivity contribution in [3.05, 3.63) is 53.3 Å². The second-order valence-electron chi connectivity index (χ2n) is 5.39. The highest BCUT2D eigenvalue weighted by Gasteiger charge is 2.39. The minimum atomic E-state index is -4.70. The maximum Gasteiger partial charge on any atom is 0.435 e. The average Bonchev–Trinajstić information content (AvgIpc) is 2.94. The standard InChI is InChI=1S/C16H18F3N3O2/c1-22-10-13(14(21-22)16(17,18)19)15(24)20-9-12(7-8-23)11-5-3-2-4-6-11/h2-6,10,12,23H,7-9H2,1H3,(H,20,24). The summed E-state index contributed by atoms with van der Waals surface area (Å²) >= 11 is 0. The summed E-state index contributed by atoms with van der Waals surface area (Å²) in [6.45, 7) is 0.0335. The van der Waals surface area contributed by atoms with Gasteiger partial charge in [0.15, 0.2) is 5.69 Å². The van der Waals surface area contributed by atoms with Gasteiger partial charge >= 0.3 is 6.18 Å². The molecule has 1 aromatic heterocycles. The Morgan fingerprint density at radius 3 is 2.58 bits per heavy atom. The van der Waals surface area contributed by atoms with E-state index in [0.717, 1.165) is 16.4 Å². The monoisotopic (exact) mass is 341 g/mol. The first-order valence-electron chi connectivity index (χ1n) is 7.37. The van der Waals surface area contributed by atoms with Gasteiger partial charge < -0.3 is 10.4 Å². The van der Waals surface area contributed by atoms with Crippen LogP contribution in [-0.4, -0.2) is 33.9 Å². The molecule has 130 valence electrons. The Bertz CT molecular complexity index is 684. The van der Waals surface area contributed by atoms with Crippen molar-refractivity contribution < 1.29 is 23.1 Å². The van der Waals surface area contributed by atoms with Crippen molar-refractivity contribution >= 4 is 5.91 Å². The Hall–Kier alpha value is -2.35. The van der Waals surface area contributed by atoms with E-state index in [-0.39, 0.29) is 19.1 Å². The van der Waals surface area contributed by atoms with Crippen LogP contribution in [0.1, 0.15) is 34.0 Å². The van der Waals surface area contributed by atoms with Gasteiger partial charge in [-0.3, -0.25) is 9.48 Å². The maximum absolute atomic E-state index is 12.9. The fourth-order valence-electron chi connectivity index (χ4n) is 2.44. The van der Waals surface area contributed by atoms with E-state index in [1.807, 2.05) is 30.3 Å². The van der Waals surface area contributed by atoms with E-state index in [4.69, 9.17) is 5.11 Å². The van der Waals surface area contributed by atoms with E-state index in [1.54, 1.807) is 0 Å². The Morgan fingerprint density at radius 1 is 1.33 bits per heavy atom. The number of aliphatic hydroxyl groups is 1. The van der Waals surface area contributed by atoms with Gasteiger partial charge in [-0.25, -0.2) is 0 Å². The zero-order chi connectivity index (χ0) is 17.7. The summed E-state index contributed by atoms with van der Waals surface area (Å²) in [5.74, 6) is -1.03. The number of benzene rings is 1. The van der Waals surface area contributed by atoms with Gasteiger partial charge in [-0.2, -0.15) is 18.3 Å². The zero-order valence-corrected chi connectivity index (χ0v) is 13.0. The van der Waals surface area contributed by atoms with E-state index in [9.17, 15) is 18.0 Å². The van der Waals surface area contributed by atoms with Gasteiger partial charge in [-0.1, -0.05) is 30.3 Å². The van der Waals surface area contributed by atoms with Crippen molar-refractivity contribution in [3.8, 4) is 0 Å². The highest BCUT2D eigenvalue weighted by molar-refractivity contribution is 5.95. The van der Waals surface area contributed by atoms with Gasteiger partial charge in [0.25, 0.3) is 5.91 Å². The van der Waals surface area contributed by atoms with Crippen molar-refractivity contribution in [2.24, 2.45) is 7.05 Å². The number of nitrogens with one attached hydrogen (secondary N) is 1. The van der Waals surface area contributed by atoms with Crippen molar-refractivity contribution in [1.82, 2.24) is 15.1 Å². The third kappa shape index (κ3) is 4.35. The number of halogens is 3. The topological polar surface area (TPSA) is 67.2 Å². The minimum Gasteiger partial charge on any atom is -0.396 e. The maximum atomic E-state index is 12.9. The molecule has 2 aromatic rings. The Balaban J connectivity index is 2.12. The molecule has 5 nitrogen and oxygen atoms in total. The normalized spacial score (nSPS) is 12.9. The highest BCUT2D eigenvalue weighted by Crippen LogP contribution is 2.30. The smallest absolute Gasteiger partial charge is 0.396 e. The van der Waals surface area contributed by atoms with Crippen molar-refractivity contribution in [2.45, 2.75) is 18.5 Å². The number of amides is 1. The van der Waals surface area contributed by atoms with Gasteiger partial charge in [0.1, 0.15) is 0 Å². The van der Waals surface area contributed by atoms with Crippen LogP contribution in [0.3, 0.4) is 0 Å². The molecule has 0 bridgehead atoms. The molecule has 0 aliphatic heterocycles. The lowest BCUT2D eigenvalue weighted by molar-refractivity contribution is -0.141. The van der Waals surface area contributed by atoms with Crippen LogP contribution in [-0.2, 0) is 13.2 Å². The second kappa shape index (κ2) is 7.48. The number of hydrogen-bond donors (Lipinski definition) is 2. The molecule has 1 atom stereocenters. The van der Waals surface area contributed by atoms with E-state index in [0.29, 0.717) is 6.42 Å². The number of aryl methyl sites for hydroxylation is 1. The van der Waals surface area contributed by atoms with Crippen LogP contribution >= 0.6 is 0 Å². The van der Waals surface area contributed by atoms with Crippen LogP contribution in [0.5, 0.6) is 0 Å². The van der Waals surface area contributed by atoms with E-state index in [2.05, 4.69) is 10.4 Å². The fraction of sp³-hybridized carbons (Fsp3) is 0.375. The zero-order valence-electron chi connectivity index (χ0n) is 13.0. The predicted molar refractivity (Wildman–Crippen MR) is 81.4 cm³/mol. The molecule has 0 fully saturated rings. The molecule has 2 rings (SSSR count). The molecule has 0 saturated carbocycles. The quantitative estimate of drug-likeness (QED) is 0.847. The van der Waals surface area contributed by atoms with Crippen LogP contribution in [0.25, 0.3) is 0 Å². The van der Waals surface area contributed by atoms with Crippen LogP contribution in [0.4, 0.5) is 13.2 Å². The molecule has 24 heavy (non-hydrogen) atoms. The second-order valence-corrected chi connectivity index (χ2v) is 5.39. The molecular formula is C16H18F3N3O2. The van der Waals surface area contributed by atoms with Crippen molar-refractivity contribution in [2.75, 3.05) is 13.2 Å². The lowest BCUT2D eigenvalue weighted by atomic mass is 9.96. The number of nitrogens with zero attached hydrogens (tertiary/aromatic N) is 2. The van der Waals surface area contributed by atoms with Gasteiger partial charge in [0.05, 0.1) is 5.56 Å². The van der Waals surface area contributed by atoms with Crippen LogP contribution < -0.4 is 5.32 Å². The van der Waals surface area contributed by atoms with Crippen molar-refractivity contribution in [1.29, 1.82) is 0 Å². The summed E-state index contributed by atoms with van der Waals surface area (Å²) in [6.07, 6.45) is -3.26. The summed E-state index contributed by atoms with van der Waals surface area (Å²) in [4.78, 5) is 12.1. The number of carbonyl (C=O) groups excluding carboxylic acids is 1. The number of hydrogen-bond acceptors (Lipinski definition) is 3. The molecule has 0 radical (unpaired) electrons. The number of aliphatic hydroxyl groups excluding tert-OH is 1. The minimum absolute atomic E-state index is 0.0872. The van der Waals surface area contributed by atoms with Crippen molar-refractivity contribution in [3.63, 3.8) is 0 Å². The fourth-order valence-corrected chi connectivity index (χ4v) is 2.44. The number of aromatic nitrogens is 2. The van der Waals surface area contributed by atoms with Crippen LogP contribution in [0, 0.1) is 0 Å². The summed E-state index contributed by atoms with van der Waals surface area (Å²) in [6, 6.07) is 9.17. The van der Waals surface area contributed by atoms with E-state index >= 15 is 0 Å². The molecular weight excluding hydrogens is 323 g/mol. The number of alkyl halides is 3. The predicted octanol–water partition coefficient (Wildman–Crippen LogP) is 2.33. The molecule has 0 spiro atoms. The summed E-state index contributed by atoms with van der Waals surface area (Å²) < 4.78 is 39.7. The molecule has 1 amide bonds. The molecule has 1 aromatic carbocycles. The van der Waals surface area contributed by atoms with Crippen LogP contribution in [0.15, 0.2) is 36.5 Å². The summed E-state index contributed by atoms with van der Waals surface area (Å²) in [5, 5.41) is 15.0. The van der Waals surface area contributed by atoms with Gasteiger partial charge in [0, 0.05) is 32.3 Å². The molecule has 0 saturated heterocycles. The van der Waals surface area contributed by atoms with E-state index < -0.39 is 23.3 Å². The number of carbonyl (C=O) groups is 1. The van der Waals surface area contributed by atoms with Crippen LogP contribution in [0.2, 0.25) is 0 Å². The third-order valence-electron chi connectivity index (χ3n) is 3.60. The first kappa shape index (κ1) is 18.0. The Morgan fingerprint density at radius 2 is 2.00 bits per heavy atom. The molecule has 2 N–H and O–H groups in total. The largest absolute Gasteiger partial charge is 0.435 e. The summed E-state index contributed by atoms with van der Waals surface area (Å²) in [7, 11) is 1.32. The molecule has 0 aliphatic carbocycles. The Labute approximate surface area is 137 Å². The van der Waals surface area contributed by atoms with Gasteiger partial charge in [0.2, 0.25) is 0 Å². The average molecular weight is 341 g/mol. The highest BCUT2D eigenvalue weighted by atomic mass is 19.4. The number of rotatable bonds is 6. The molecule has 1 unspecified atom stereocenters. The first-order valence-corrected chi connectivity index (χ1v) is 7.37. The van der Waals surface area contributed by atoms with Gasteiger partial charge in [-0.05, 0) is 12.0 Å². The summed E-state index contributed by atoms with van der Waals surface area (Å²) in [5.41, 5.74) is -0.823. The SMILES string of the molecule is Cn1cc(C(=O)NCC(CCO)c2ccccc2)c(C(F)(F)F)n1. The van der Waals surface area contributed by atoms with Gasteiger partial charge in [-0.15, -0.1) is 0 Å². The lowest BCUT2D eigenvalue weighted by Crippen LogP contribution is -2.30. The third-order valence-corrected chi connectivity index (χ3v) is 3.60. The molecule has 1 heterocycles.